The van der Waals surface area contributed by atoms with Gasteiger partial charge in [-0.05, 0) is 26.7 Å². The summed E-state index contributed by atoms with van der Waals surface area (Å²) in [5.74, 6) is -2.22. The topological polar surface area (TPSA) is 169 Å². The lowest BCUT2D eigenvalue weighted by atomic mass is 10.0. The van der Waals surface area contributed by atoms with E-state index in [9.17, 15) is 29.8 Å². The van der Waals surface area contributed by atoms with Gasteiger partial charge in [0.2, 0.25) is 0 Å². The van der Waals surface area contributed by atoms with Crippen molar-refractivity contribution in [1.82, 2.24) is 10.9 Å². The van der Waals surface area contributed by atoms with Crippen molar-refractivity contribution in [2.24, 2.45) is 10.2 Å². The minimum absolute atomic E-state index is 0.0596. The SMILES string of the molecule is CCc1ccc(/C(C)=N/NC(=O)C(=O)N/N=C(\C)c2ccc(CC)c([N+](=O)[O-])c2)cc1[N+](=O)[O-]. The first-order valence-corrected chi connectivity index (χ1v) is 10.3. The highest BCUT2D eigenvalue weighted by Gasteiger charge is 2.17. The molecule has 0 radical (unpaired) electrons. The molecule has 2 aromatic rings. The van der Waals surface area contributed by atoms with E-state index in [1.807, 2.05) is 0 Å². The Hall–Kier alpha value is -4.48. The number of aryl methyl sites for hydroxylation is 2. The molecular weight excluding hydrogens is 444 g/mol. The summed E-state index contributed by atoms with van der Waals surface area (Å²) in [5, 5.41) is 30.1. The highest BCUT2D eigenvalue weighted by Crippen LogP contribution is 2.22. The quantitative estimate of drug-likeness (QED) is 0.261. The number of hydrazone groups is 2. The zero-order valence-electron chi connectivity index (χ0n) is 19.1. The molecule has 0 unspecified atom stereocenters. The van der Waals surface area contributed by atoms with E-state index in [-0.39, 0.29) is 22.8 Å². The molecule has 0 heterocycles. The van der Waals surface area contributed by atoms with Crippen LogP contribution < -0.4 is 10.9 Å². The molecular formula is C22H24N6O6. The standard InChI is InChI=1S/C22H24N6O6/c1-5-15-7-9-17(11-19(15)27(31)32)13(3)23-25-21(29)22(30)26-24-14(4)18-10-8-16(6-2)20(12-18)28(33)34/h7-12H,5-6H2,1-4H3,(H,25,29)(H,26,30)/b23-13+,24-14+. The summed E-state index contributed by atoms with van der Waals surface area (Å²) in [4.78, 5) is 45.5. The maximum Gasteiger partial charge on any atom is 0.331 e. The number of benzene rings is 2. The Balaban J connectivity index is 2.08. The second-order valence-electron chi connectivity index (χ2n) is 7.18. The van der Waals surface area contributed by atoms with Gasteiger partial charge < -0.3 is 0 Å². The van der Waals surface area contributed by atoms with Gasteiger partial charge in [-0.15, -0.1) is 0 Å². The van der Waals surface area contributed by atoms with Crippen LogP contribution in [0.1, 0.15) is 49.9 Å². The highest BCUT2D eigenvalue weighted by atomic mass is 16.6. The molecule has 34 heavy (non-hydrogen) atoms. The number of nitrogens with zero attached hydrogens (tertiary/aromatic N) is 4. The van der Waals surface area contributed by atoms with E-state index < -0.39 is 21.7 Å². The Kier molecular flexibility index (Phi) is 8.65. The number of carbonyl (C=O) groups excluding carboxylic acids is 2. The molecule has 0 aliphatic heterocycles. The molecule has 0 aliphatic rings. The normalized spacial score (nSPS) is 11.6. The number of amides is 2. The van der Waals surface area contributed by atoms with Gasteiger partial charge in [-0.1, -0.05) is 38.1 Å². The fourth-order valence-electron chi connectivity index (χ4n) is 3.02. The van der Waals surface area contributed by atoms with Crippen LogP contribution in [0.15, 0.2) is 46.6 Å². The van der Waals surface area contributed by atoms with Crippen LogP contribution in [0.3, 0.4) is 0 Å². The van der Waals surface area contributed by atoms with Crippen LogP contribution in [0.5, 0.6) is 0 Å². The summed E-state index contributed by atoms with van der Waals surface area (Å²) >= 11 is 0. The Morgan fingerprint density at radius 2 is 1.12 bits per heavy atom. The van der Waals surface area contributed by atoms with Gasteiger partial charge in [0.05, 0.1) is 21.3 Å². The van der Waals surface area contributed by atoms with Gasteiger partial charge in [0.1, 0.15) is 0 Å². The van der Waals surface area contributed by atoms with Gasteiger partial charge in [0.25, 0.3) is 11.4 Å². The number of hydrogen-bond donors (Lipinski definition) is 2. The van der Waals surface area contributed by atoms with Gasteiger partial charge >= 0.3 is 11.8 Å². The molecule has 12 heteroatoms. The lowest BCUT2D eigenvalue weighted by Crippen LogP contribution is -2.36. The molecule has 0 aromatic heterocycles. The van der Waals surface area contributed by atoms with Crippen LogP contribution >= 0.6 is 0 Å². The molecule has 0 atom stereocenters. The van der Waals surface area contributed by atoms with Crippen molar-refractivity contribution < 1.29 is 19.4 Å². The third kappa shape index (κ3) is 6.28. The number of hydrogen-bond acceptors (Lipinski definition) is 8. The van der Waals surface area contributed by atoms with Crippen molar-refractivity contribution in [3.8, 4) is 0 Å². The minimum Gasteiger partial charge on any atom is -0.262 e. The smallest absolute Gasteiger partial charge is 0.262 e. The van der Waals surface area contributed by atoms with Gasteiger partial charge in [0.15, 0.2) is 0 Å². The van der Waals surface area contributed by atoms with Crippen LogP contribution in [-0.2, 0) is 22.4 Å². The molecule has 0 fully saturated rings. The van der Waals surface area contributed by atoms with Gasteiger partial charge in [0, 0.05) is 34.4 Å². The second-order valence-corrected chi connectivity index (χ2v) is 7.18. The van der Waals surface area contributed by atoms with Crippen LogP contribution in [0.4, 0.5) is 11.4 Å². The first-order chi connectivity index (χ1) is 16.1. The van der Waals surface area contributed by atoms with Crippen molar-refractivity contribution in [3.63, 3.8) is 0 Å². The molecule has 178 valence electrons. The third-order valence-corrected chi connectivity index (χ3v) is 5.02. The Morgan fingerprint density at radius 1 is 0.765 bits per heavy atom. The third-order valence-electron chi connectivity index (χ3n) is 5.02. The lowest BCUT2D eigenvalue weighted by Gasteiger charge is -2.06. The molecule has 2 N–H and O–H groups in total. The number of nitrogens with one attached hydrogen (secondary N) is 2. The summed E-state index contributed by atoms with van der Waals surface area (Å²) < 4.78 is 0. The Bertz CT molecular complexity index is 1110. The fraction of sp³-hybridized carbons (Fsp3) is 0.273. The van der Waals surface area contributed by atoms with E-state index >= 15 is 0 Å². The zero-order chi connectivity index (χ0) is 25.4. The Labute approximate surface area is 195 Å². The Morgan fingerprint density at radius 3 is 1.41 bits per heavy atom. The molecule has 0 saturated heterocycles. The number of rotatable bonds is 8. The van der Waals surface area contributed by atoms with Crippen molar-refractivity contribution in [1.29, 1.82) is 0 Å². The monoisotopic (exact) mass is 468 g/mol. The van der Waals surface area contributed by atoms with Crippen LogP contribution in [0.25, 0.3) is 0 Å². The van der Waals surface area contributed by atoms with E-state index in [1.54, 1.807) is 38.1 Å². The summed E-state index contributed by atoms with van der Waals surface area (Å²) in [6, 6.07) is 9.17. The van der Waals surface area contributed by atoms with Gasteiger partial charge in [-0.2, -0.15) is 10.2 Å². The number of carbonyl (C=O) groups is 2. The first-order valence-electron chi connectivity index (χ1n) is 10.3. The zero-order valence-corrected chi connectivity index (χ0v) is 19.1. The maximum atomic E-state index is 12.0. The van der Waals surface area contributed by atoms with Crippen molar-refractivity contribution in [2.75, 3.05) is 0 Å². The average molecular weight is 468 g/mol. The second kappa shape index (κ2) is 11.4. The molecule has 0 bridgehead atoms. The molecule has 12 nitrogen and oxygen atoms in total. The van der Waals surface area contributed by atoms with Crippen molar-refractivity contribution in [2.45, 2.75) is 40.5 Å². The molecule has 0 spiro atoms. The van der Waals surface area contributed by atoms with Crippen molar-refractivity contribution in [3.05, 3.63) is 78.9 Å². The fourth-order valence-corrected chi connectivity index (χ4v) is 3.02. The maximum absolute atomic E-state index is 12.0. The molecule has 0 aliphatic carbocycles. The minimum atomic E-state index is -1.11. The van der Waals surface area contributed by atoms with Crippen LogP contribution in [-0.4, -0.2) is 33.1 Å². The lowest BCUT2D eigenvalue weighted by molar-refractivity contribution is -0.385. The van der Waals surface area contributed by atoms with E-state index in [0.717, 1.165) is 0 Å². The van der Waals surface area contributed by atoms with Crippen LogP contribution in [0.2, 0.25) is 0 Å². The van der Waals surface area contributed by atoms with E-state index in [2.05, 4.69) is 21.1 Å². The largest absolute Gasteiger partial charge is 0.331 e. The van der Waals surface area contributed by atoms with Gasteiger partial charge in [-0.3, -0.25) is 29.8 Å². The predicted molar refractivity (Wildman–Crippen MR) is 126 cm³/mol. The summed E-state index contributed by atoms with van der Waals surface area (Å²) in [5.41, 5.74) is 6.49. The molecule has 2 amide bonds. The molecule has 2 rings (SSSR count). The predicted octanol–water partition coefficient (Wildman–Crippen LogP) is 3.01. The average Bonchev–Trinajstić information content (AvgIpc) is 2.84. The van der Waals surface area contributed by atoms with Gasteiger partial charge in [-0.25, -0.2) is 10.9 Å². The number of nitro benzene ring substituents is 2. The van der Waals surface area contributed by atoms with E-state index in [4.69, 9.17) is 0 Å². The first kappa shape index (κ1) is 25.8. The van der Waals surface area contributed by atoms with Crippen molar-refractivity contribution >= 4 is 34.6 Å². The highest BCUT2D eigenvalue weighted by molar-refractivity contribution is 6.35. The summed E-state index contributed by atoms with van der Waals surface area (Å²) in [7, 11) is 0. The summed E-state index contributed by atoms with van der Waals surface area (Å²) in [6.07, 6.45) is 0.972. The van der Waals surface area contributed by atoms with E-state index in [1.165, 1.54) is 26.0 Å². The van der Waals surface area contributed by atoms with Crippen LogP contribution in [0, 0.1) is 20.2 Å². The molecule has 2 aromatic carbocycles. The molecule has 0 saturated carbocycles. The number of nitro groups is 2. The summed E-state index contributed by atoms with van der Waals surface area (Å²) in [6.45, 7) is 6.65. The van der Waals surface area contributed by atoms with E-state index in [0.29, 0.717) is 35.1 Å².